The summed E-state index contributed by atoms with van der Waals surface area (Å²) in [6, 6.07) is 19.5. The second-order valence-electron chi connectivity index (χ2n) is 6.17. The van der Waals surface area contributed by atoms with Gasteiger partial charge >= 0.3 is 0 Å². The standard InChI is InChI=1S/C22H22N4O/c1-3-12-23-22(27)19-14-20(24-15-17-9-7-8-16(2)13-17)26-21(25-19)18-10-5-4-6-11-18/h3-11,13-14H,1,12,15H2,2H3,(H,23,27)(H,24,25,26). The first-order valence-corrected chi connectivity index (χ1v) is 8.79. The van der Waals surface area contributed by atoms with E-state index < -0.39 is 0 Å². The molecule has 2 aromatic carbocycles. The van der Waals surface area contributed by atoms with Crippen LogP contribution in [0.15, 0.2) is 73.3 Å². The van der Waals surface area contributed by atoms with Crippen molar-refractivity contribution in [1.29, 1.82) is 0 Å². The zero-order valence-electron chi connectivity index (χ0n) is 15.3. The van der Waals surface area contributed by atoms with Crippen LogP contribution in [0.4, 0.5) is 5.82 Å². The lowest BCUT2D eigenvalue weighted by molar-refractivity contribution is 0.0953. The average molecular weight is 358 g/mol. The molecule has 0 saturated carbocycles. The van der Waals surface area contributed by atoms with Gasteiger partial charge in [-0.25, -0.2) is 9.97 Å². The summed E-state index contributed by atoms with van der Waals surface area (Å²) in [6.07, 6.45) is 1.63. The quantitative estimate of drug-likeness (QED) is 0.627. The number of amides is 1. The molecule has 0 bridgehead atoms. The maximum Gasteiger partial charge on any atom is 0.270 e. The van der Waals surface area contributed by atoms with Crippen LogP contribution in [0.1, 0.15) is 21.6 Å². The van der Waals surface area contributed by atoms with Gasteiger partial charge in [0.2, 0.25) is 0 Å². The molecule has 0 aliphatic carbocycles. The number of carbonyl (C=O) groups is 1. The van der Waals surface area contributed by atoms with Crippen molar-refractivity contribution in [2.45, 2.75) is 13.5 Å². The van der Waals surface area contributed by atoms with Crippen LogP contribution in [0, 0.1) is 6.92 Å². The van der Waals surface area contributed by atoms with Crippen molar-refractivity contribution in [3.05, 3.63) is 90.1 Å². The van der Waals surface area contributed by atoms with E-state index in [4.69, 9.17) is 0 Å². The van der Waals surface area contributed by atoms with Gasteiger partial charge in [-0.15, -0.1) is 6.58 Å². The number of benzene rings is 2. The van der Waals surface area contributed by atoms with Crippen LogP contribution in [0.3, 0.4) is 0 Å². The van der Waals surface area contributed by atoms with E-state index in [9.17, 15) is 4.79 Å². The van der Waals surface area contributed by atoms with Gasteiger partial charge in [0, 0.05) is 24.7 Å². The minimum atomic E-state index is -0.256. The summed E-state index contributed by atoms with van der Waals surface area (Å²) in [7, 11) is 0. The third-order valence-corrected chi connectivity index (χ3v) is 3.95. The molecular weight excluding hydrogens is 336 g/mol. The van der Waals surface area contributed by atoms with E-state index in [0.29, 0.717) is 30.4 Å². The topological polar surface area (TPSA) is 66.9 Å². The Labute approximate surface area is 159 Å². The van der Waals surface area contributed by atoms with Gasteiger partial charge < -0.3 is 10.6 Å². The first-order valence-electron chi connectivity index (χ1n) is 8.79. The minimum Gasteiger partial charge on any atom is -0.366 e. The van der Waals surface area contributed by atoms with Gasteiger partial charge in [-0.2, -0.15) is 0 Å². The second-order valence-corrected chi connectivity index (χ2v) is 6.17. The summed E-state index contributed by atoms with van der Waals surface area (Å²) in [4.78, 5) is 21.4. The molecule has 27 heavy (non-hydrogen) atoms. The smallest absolute Gasteiger partial charge is 0.270 e. The number of aryl methyl sites for hydroxylation is 1. The highest BCUT2D eigenvalue weighted by Crippen LogP contribution is 2.18. The summed E-state index contributed by atoms with van der Waals surface area (Å²) >= 11 is 0. The number of aromatic nitrogens is 2. The fraction of sp³-hybridized carbons (Fsp3) is 0.136. The van der Waals surface area contributed by atoms with Crippen molar-refractivity contribution in [3.63, 3.8) is 0 Å². The number of hydrogen-bond donors (Lipinski definition) is 2. The zero-order chi connectivity index (χ0) is 19.1. The van der Waals surface area contributed by atoms with E-state index in [2.05, 4.69) is 52.3 Å². The molecule has 1 heterocycles. The van der Waals surface area contributed by atoms with Crippen LogP contribution in [-0.4, -0.2) is 22.4 Å². The highest BCUT2D eigenvalue weighted by atomic mass is 16.1. The summed E-state index contributed by atoms with van der Waals surface area (Å²) in [6.45, 7) is 6.67. The van der Waals surface area contributed by atoms with E-state index in [1.807, 2.05) is 36.4 Å². The van der Waals surface area contributed by atoms with Crippen LogP contribution in [0.25, 0.3) is 11.4 Å². The Morgan fingerprint density at radius 2 is 1.89 bits per heavy atom. The molecule has 136 valence electrons. The third-order valence-electron chi connectivity index (χ3n) is 3.95. The Morgan fingerprint density at radius 1 is 1.07 bits per heavy atom. The number of carbonyl (C=O) groups excluding carboxylic acids is 1. The fourth-order valence-corrected chi connectivity index (χ4v) is 2.64. The average Bonchev–Trinajstić information content (AvgIpc) is 2.71. The molecule has 0 radical (unpaired) electrons. The van der Waals surface area contributed by atoms with Gasteiger partial charge in [0.25, 0.3) is 5.91 Å². The molecule has 1 aromatic heterocycles. The lowest BCUT2D eigenvalue weighted by Gasteiger charge is -2.11. The van der Waals surface area contributed by atoms with Crippen LogP contribution in [0.5, 0.6) is 0 Å². The first kappa shape index (κ1) is 18.3. The Bertz CT molecular complexity index is 938. The predicted molar refractivity (Wildman–Crippen MR) is 109 cm³/mol. The van der Waals surface area contributed by atoms with E-state index >= 15 is 0 Å². The molecule has 5 nitrogen and oxygen atoms in total. The van der Waals surface area contributed by atoms with Crippen molar-refractivity contribution >= 4 is 11.7 Å². The lowest BCUT2D eigenvalue weighted by atomic mass is 10.1. The predicted octanol–water partition coefficient (Wildman–Crippen LogP) is 3.98. The molecule has 0 saturated heterocycles. The lowest BCUT2D eigenvalue weighted by Crippen LogP contribution is -2.24. The number of nitrogens with zero attached hydrogens (tertiary/aromatic N) is 2. The molecule has 0 aliphatic rings. The van der Waals surface area contributed by atoms with E-state index in [0.717, 1.165) is 11.1 Å². The SMILES string of the molecule is C=CCNC(=O)c1cc(NCc2cccc(C)c2)nc(-c2ccccc2)n1. The fourth-order valence-electron chi connectivity index (χ4n) is 2.64. The summed E-state index contributed by atoms with van der Waals surface area (Å²) < 4.78 is 0. The summed E-state index contributed by atoms with van der Waals surface area (Å²) in [5, 5.41) is 6.06. The molecule has 0 aliphatic heterocycles. The number of rotatable bonds is 7. The van der Waals surface area contributed by atoms with Crippen LogP contribution in [-0.2, 0) is 6.54 Å². The van der Waals surface area contributed by atoms with Crippen molar-refractivity contribution < 1.29 is 4.79 Å². The molecule has 5 heteroatoms. The molecule has 3 rings (SSSR count). The van der Waals surface area contributed by atoms with Gasteiger partial charge in [0.1, 0.15) is 11.5 Å². The van der Waals surface area contributed by atoms with Gasteiger partial charge in [-0.3, -0.25) is 4.79 Å². The number of anilines is 1. The highest BCUT2D eigenvalue weighted by Gasteiger charge is 2.12. The molecule has 0 fully saturated rings. The Kier molecular flexibility index (Phi) is 5.94. The first-order chi connectivity index (χ1) is 13.2. The largest absolute Gasteiger partial charge is 0.366 e. The van der Waals surface area contributed by atoms with Crippen molar-refractivity contribution in [2.75, 3.05) is 11.9 Å². The molecular formula is C22H22N4O. The molecule has 0 unspecified atom stereocenters. The monoisotopic (exact) mass is 358 g/mol. The van der Waals surface area contributed by atoms with Crippen molar-refractivity contribution in [1.82, 2.24) is 15.3 Å². The van der Waals surface area contributed by atoms with Gasteiger partial charge in [0.05, 0.1) is 0 Å². The number of nitrogens with one attached hydrogen (secondary N) is 2. The van der Waals surface area contributed by atoms with E-state index in [1.165, 1.54) is 5.56 Å². The van der Waals surface area contributed by atoms with Gasteiger partial charge in [-0.1, -0.05) is 66.2 Å². The van der Waals surface area contributed by atoms with E-state index in [1.54, 1.807) is 12.1 Å². The Balaban J connectivity index is 1.89. The summed E-state index contributed by atoms with van der Waals surface area (Å²) in [5.41, 5.74) is 3.52. The van der Waals surface area contributed by atoms with Crippen LogP contribution < -0.4 is 10.6 Å². The molecule has 0 spiro atoms. The van der Waals surface area contributed by atoms with Crippen molar-refractivity contribution in [2.24, 2.45) is 0 Å². The van der Waals surface area contributed by atoms with E-state index in [-0.39, 0.29) is 5.91 Å². The van der Waals surface area contributed by atoms with Gasteiger partial charge in [0.15, 0.2) is 5.82 Å². The zero-order valence-corrected chi connectivity index (χ0v) is 15.3. The Hall–Kier alpha value is -3.47. The van der Waals surface area contributed by atoms with Crippen molar-refractivity contribution in [3.8, 4) is 11.4 Å². The molecule has 0 atom stereocenters. The molecule has 1 amide bonds. The van der Waals surface area contributed by atoms with Crippen LogP contribution >= 0.6 is 0 Å². The maximum absolute atomic E-state index is 12.4. The van der Waals surface area contributed by atoms with Gasteiger partial charge in [-0.05, 0) is 12.5 Å². The molecule has 3 aromatic rings. The van der Waals surface area contributed by atoms with Crippen LogP contribution in [0.2, 0.25) is 0 Å². The molecule has 2 N–H and O–H groups in total. The minimum absolute atomic E-state index is 0.256. The normalized spacial score (nSPS) is 10.3. The second kappa shape index (κ2) is 8.76. The number of hydrogen-bond acceptors (Lipinski definition) is 4. The Morgan fingerprint density at radius 3 is 2.63 bits per heavy atom. The third kappa shape index (κ3) is 5.01. The highest BCUT2D eigenvalue weighted by molar-refractivity contribution is 5.93. The maximum atomic E-state index is 12.4. The summed E-state index contributed by atoms with van der Waals surface area (Å²) in [5.74, 6) is 0.857.